The van der Waals surface area contributed by atoms with Gasteiger partial charge in [-0.05, 0) is 49.1 Å². The predicted molar refractivity (Wildman–Crippen MR) is 113 cm³/mol. The lowest BCUT2D eigenvalue weighted by Crippen LogP contribution is -2.51. The zero-order chi connectivity index (χ0) is 21.1. The number of nitrogens with zero attached hydrogens (tertiary/aromatic N) is 3. The van der Waals surface area contributed by atoms with E-state index in [0.717, 1.165) is 24.0 Å². The molecule has 4 rings (SSSR count). The summed E-state index contributed by atoms with van der Waals surface area (Å²) < 4.78 is 0. The largest absolute Gasteiger partial charge is 0.386 e. The highest BCUT2D eigenvalue weighted by Gasteiger charge is 2.45. The number of amides is 2. The van der Waals surface area contributed by atoms with Crippen molar-refractivity contribution in [3.63, 3.8) is 0 Å². The Morgan fingerprint density at radius 2 is 2.17 bits per heavy atom. The molecule has 1 saturated heterocycles. The molecule has 1 spiro atoms. The van der Waals surface area contributed by atoms with Crippen molar-refractivity contribution >= 4 is 29.1 Å². The first kappa shape index (κ1) is 20.3. The van der Waals surface area contributed by atoms with Crippen molar-refractivity contribution < 1.29 is 14.4 Å². The summed E-state index contributed by atoms with van der Waals surface area (Å²) in [5.41, 5.74) is 1.97. The minimum absolute atomic E-state index is 0.0767. The summed E-state index contributed by atoms with van der Waals surface area (Å²) in [5.74, 6) is -0.336. The third kappa shape index (κ3) is 4.16. The average molecular weight is 427 g/mol. The fraction of sp³-hybridized carbons (Fsp3) is 0.364. The van der Waals surface area contributed by atoms with E-state index in [1.807, 2.05) is 19.1 Å². The summed E-state index contributed by atoms with van der Waals surface area (Å²) in [6.07, 6.45) is 5.30. The summed E-state index contributed by atoms with van der Waals surface area (Å²) in [6.45, 7) is 3.24. The maximum Gasteiger partial charge on any atom is 0.269 e. The quantitative estimate of drug-likeness (QED) is 0.814. The Hall–Kier alpha value is -2.93. The summed E-state index contributed by atoms with van der Waals surface area (Å²) in [6, 6.07) is 9.05. The van der Waals surface area contributed by atoms with E-state index in [1.54, 1.807) is 35.5 Å². The molecule has 2 aliphatic rings. The number of hydrogen-bond donors (Lipinski definition) is 1. The second kappa shape index (κ2) is 8.44. The number of likely N-dealkylation sites (tertiary alicyclic amines) is 1. The van der Waals surface area contributed by atoms with Crippen molar-refractivity contribution in [2.45, 2.75) is 38.3 Å². The van der Waals surface area contributed by atoms with Gasteiger partial charge in [0.15, 0.2) is 5.60 Å². The monoisotopic (exact) mass is 426 g/mol. The minimum Gasteiger partial charge on any atom is -0.386 e. The Kier molecular flexibility index (Phi) is 5.72. The summed E-state index contributed by atoms with van der Waals surface area (Å²) in [4.78, 5) is 37.1. The molecule has 1 atom stereocenters. The van der Waals surface area contributed by atoms with E-state index in [1.165, 1.54) is 0 Å². The first-order valence-corrected chi connectivity index (χ1v) is 10.3. The molecule has 0 bridgehead atoms. The number of pyridine rings is 1. The third-order valence-electron chi connectivity index (χ3n) is 5.60. The van der Waals surface area contributed by atoms with Crippen LogP contribution in [0.5, 0.6) is 0 Å². The number of piperidine rings is 1. The highest BCUT2D eigenvalue weighted by atomic mass is 35.5. The molecule has 7 nitrogen and oxygen atoms in total. The van der Waals surface area contributed by atoms with Gasteiger partial charge in [-0.15, -0.1) is 0 Å². The average Bonchev–Trinajstić information content (AvgIpc) is 3.17. The molecule has 156 valence electrons. The molecule has 2 aliphatic heterocycles. The molecule has 1 aromatic heterocycles. The molecule has 0 radical (unpaired) electrons. The summed E-state index contributed by atoms with van der Waals surface area (Å²) >= 11 is 6.18. The number of aromatic nitrogens is 1. The summed E-state index contributed by atoms with van der Waals surface area (Å²) in [5, 5.41) is 7.47. The molecule has 8 heteroatoms. The molecule has 0 saturated carbocycles. The van der Waals surface area contributed by atoms with E-state index >= 15 is 0 Å². The Balaban J connectivity index is 1.39. The molecule has 2 aromatic rings. The van der Waals surface area contributed by atoms with Gasteiger partial charge in [-0.3, -0.25) is 14.6 Å². The van der Waals surface area contributed by atoms with Crippen LogP contribution in [0, 0.1) is 6.92 Å². The topological polar surface area (TPSA) is 83.9 Å². The molecule has 1 fully saturated rings. The van der Waals surface area contributed by atoms with Crippen LogP contribution in [0.25, 0.3) is 0 Å². The maximum atomic E-state index is 13.1. The van der Waals surface area contributed by atoms with E-state index in [2.05, 4.69) is 15.5 Å². The van der Waals surface area contributed by atoms with E-state index in [9.17, 15) is 9.59 Å². The highest BCUT2D eigenvalue weighted by molar-refractivity contribution is 6.39. The molecule has 2 amide bonds. The van der Waals surface area contributed by atoms with Gasteiger partial charge in [-0.1, -0.05) is 28.9 Å². The number of carbonyl (C=O) groups is 2. The maximum absolute atomic E-state index is 13.1. The van der Waals surface area contributed by atoms with Crippen molar-refractivity contribution in [1.29, 1.82) is 0 Å². The van der Waals surface area contributed by atoms with Crippen molar-refractivity contribution in [1.82, 2.24) is 15.2 Å². The molecule has 1 N–H and O–H groups in total. The van der Waals surface area contributed by atoms with Gasteiger partial charge < -0.3 is 15.1 Å². The van der Waals surface area contributed by atoms with Crippen molar-refractivity contribution in [2.75, 3.05) is 13.1 Å². The van der Waals surface area contributed by atoms with Crippen LogP contribution >= 0.6 is 11.6 Å². The Morgan fingerprint density at radius 3 is 2.97 bits per heavy atom. The Bertz CT molecular complexity index is 995. The van der Waals surface area contributed by atoms with Gasteiger partial charge in [0.1, 0.15) is 5.71 Å². The molecule has 30 heavy (non-hydrogen) atoms. The van der Waals surface area contributed by atoms with Crippen LogP contribution in [0.4, 0.5) is 0 Å². The number of carbonyl (C=O) groups excluding carboxylic acids is 2. The van der Waals surface area contributed by atoms with Crippen molar-refractivity contribution in [3.05, 3.63) is 64.4 Å². The fourth-order valence-corrected chi connectivity index (χ4v) is 4.10. The molecule has 0 aliphatic carbocycles. The van der Waals surface area contributed by atoms with E-state index in [-0.39, 0.29) is 11.8 Å². The van der Waals surface area contributed by atoms with E-state index in [4.69, 9.17) is 16.4 Å². The molecule has 1 unspecified atom stereocenters. The van der Waals surface area contributed by atoms with Crippen LogP contribution in [0.15, 0.2) is 47.9 Å². The third-order valence-corrected chi connectivity index (χ3v) is 6.01. The van der Waals surface area contributed by atoms with Crippen LogP contribution < -0.4 is 5.32 Å². The van der Waals surface area contributed by atoms with Crippen LogP contribution in [0.3, 0.4) is 0 Å². The van der Waals surface area contributed by atoms with Crippen LogP contribution in [-0.4, -0.2) is 46.1 Å². The van der Waals surface area contributed by atoms with Gasteiger partial charge in [-0.2, -0.15) is 0 Å². The molecular weight excluding hydrogens is 404 g/mol. The first-order valence-electron chi connectivity index (χ1n) is 9.94. The van der Waals surface area contributed by atoms with Crippen molar-refractivity contribution in [3.8, 4) is 0 Å². The molecule has 3 heterocycles. The summed E-state index contributed by atoms with van der Waals surface area (Å²) in [7, 11) is 0. The number of hydrogen-bond acceptors (Lipinski definition) is 5. The zero-order valence-corrected chi connectivity index (χ0v) is 17.5. The van der Waals surface area contributed by atoms with E-state index < -0.39 is 5.60 Å². The zero-order valence-electron chi connectivity index (χ0n) is 16.7. The number of nitrogens with one attached hydrogen (secondary N) is 1. The normalized spacial score (nSPS) is 20.6. The van der Waals surface area contributed by atoms with Gasteiger partial charge >= 0.3 is 0 Å². The highest BCUT2D eigenvalue weighted by Crippen LogP contribution is 2.34. The van der Waals surface area contributed by atoms with Gasteiger partial charge in [0.05, 0.1) is 6.54 Å². The SMILES string of the molecule is Cc1c(Cl)cccc1C(=O)N1CCCC2(CC(C(=O)NCc3cccnc3)=NO2)C1. The van der Waals surface area contributed by atoms with Gasteiger partial charge in [0.2, 0.25) is 0 Å². The predicted octanol–water partition coefficient (Wildman–Crippen LogP) is 3.11. The lowest BCUT2D eigenvalue weighted by atomic mass is 9.87. The first-order chi connectivity index (χ1) is 14.5. The number of benzene rings is 1. The van der Waals surface area contributed by atoms with Crippen LogP contribution in [0.2, 0.25) is 5.02 Å². The lowest BCUT2D eigenvalue weighted by molar-refractivity contribution is -0.115. The van der Waals surface area contributed by atoms with E-state index in [0.29, 0.717) is 42.4 Å². The molecular formula is C22H23ClN4O3. The number of rotatable bonds is 4. The second-order valence-electron chi connectivity index (χ2n) is 7.78. The Labute approximate surface area is 180 Å². The Morgan fingerprint density at radius 1 is 1.30 bits per heavy atom. The van der Waals surface area contributed by atoms with Gasteiger partial charge in [0.25, 0.3) is 11.8 Å². The number of halogens is 1. The number of oxime groups is 1. The minimum atomic E-state index is -0.651. The van der Waals surface area contributed by atoms with Gasteiger partial charge in [0, 0.05) is 42.5 Å². The fourth-order valence-electron chi connectivity index (χ4n) is 3.93. The lowest BCUT2D eigenvalue weighted by Gasteiger charge is -2.38. The van der Waals surface area contributed by atoms with Gasteiger partial charge in [-0.25, -0.2) is 0 Å². The standard InChI is InChI=1S/C22H23ClN4O3/c1-15-17(6-2-7-18(15)23)21(29)27-10-4-8-22(14-27)11-19(26-30-22)20(28)25-13-16-5-3-9-24-12-16/h2-3,5-7,9,12H,4,8,10-11,13-14H2,1H3,(H,25,28). The van der Waals surface area contributed by atoms with Crippen molar-refractivity contribution in [2.24, 2.45) is 5.16 Å². The van der Waals surface area contributed by atoms with Crippen LogP contribution in [0.1, 0.15) is 40.7 Å². The molecule has 1 aromatic carbocycles. The van der Waals surface area contributed by atoms with Crippen LogP contribution in [-0.2, 0) is 16.2 Å². The smallest absolute Gasteiger partial charge is 0.269 e. The second-order valence-corrected chi connectivity index (χ2v) is 8.18.